The van der Waals surface area contributed by atoms with Crippen molar-refractivity contribution in [1.29, 1.82) is 0 Å². The summed E-state index contributed by atoms with van der Waals surface area (Å²) in [6, 6.07) is 7.78. The maximum atomic E-state index is 13.6. The topological polar surface area (TPSA) is 95.7 Å². The Morgan fingerprint density at radius 3 is 2.64 bits per heavy atom. The molecule has 2 heterocycles. The molecule has 0 saturated carbocycles. The molecular formula is C30H45N3O6. The second-order valence-electron chi connectivity index (χ2n) is 10.5. The zero-order valence-electron chi connectivity index (χ0n) is 23.7. The molecule has 9 heteroatoms. The van der Waals surface area contributed by atoms with Crippen molar-refractivity contribution in [3.8, 4) is 11.5 Å². The fourth-order valence-corrected chi connectivity index (χ4v) is 5.72. The predicted molar refractivity (Wildman–Crippen MR) is 149 cm³/mol. The molecule has 216 valence electrons. The molecule has 3 atom stereocenters. The molecule has 0 spiro atoms. The van der Waals surface area contributed by atoms with Gasteiger partial charge in [0.1, 0.15) is 12.4 Å². The number of ether oxygens (including phenoxy) is 5. The Labute approximate surface area is 232 Å². The number of hydrogen-bond acceptors (Lipinski definition) is 8. The zero-order chi connectivity index (χ0) is 27.6. The highest BCUT2D eigenvalue weighted by molar-refractivity contribution is 5.78. The second kappa shape index (κ2) is 14.5. The van der Waals surface area contributed by atoms with Crippen LogP contribution in [0.2, 0.25) is 0 Å². The van der Waals surface area contributed by atoms with E-state index in [0.29, 0.717) is 37.1 Å². The molecule has 1 aromatic carbocycles. The number of benzene rings is 1. The molecule has 0 bridgehead atoms. The molecule has 39 heavy (non-hydrogen) atoms. The largest absolute Gasteiger partial charge is 0.497 e. The second-order valence-corrected chi connectivity index (χ2v) is 10.5. The smallest absolute Gasteiger partial charge is 0.236 e. The average molecular weight is 544 g/mol. The van der Waals surface area contributed by atoms with Crippen molar-refractivity contribution in [1.82, 2.24) is 9.80 Å². The summed E-state index contributed by atoms with van der Waals surface area (Å²) in [5.74, 6) is 4.48. The minimum Gasteiger partial charge on any atom is -0.497 e. The van der Waals surface area contributed by atoms with Crippen LogP contribution in [0.1, 0.15) is 45.4 Å². The Bertz CT molecular complexity index is 1010. The number of nitrogens with two attached hydrogens (primary N) is 1. The fraction of sp³-hybridized carbons (Fsp3) is 0.633. The molecule has 2 saturated heterocycles. The van der Waals surface area contributed by atoms with Gasteiger partial charge in [0.15, 0.2) is 17.3 Å². The summed E-state index contributed by atoms with van der Waals surface area (Å²) >= 11 is 0. The van der Waals surface area contributed by atoms with E-state index in [-0.39, 0.29) is 24.7 Å². The number of amides is 1. The van der Waals surface area contributed by atoms with Crippen molar-refractivity contribution >= 4 is 5.91 Å². The molecule has 0 radical (unpaired) electrons. The standard InChI is InChI=1S/C30H45N3O6/c1-4-5-13-32(14-9-8-12-31)29(34)19-33-18-23(22-16-27(36-3)30-28(17-22)38-21-39-30)15-24(33)20-37-26-11-7-6-10-25(26)35-2/h6-7,10-11,17,22-24H,4-5,8-9,12-16,18-21,31H2,1-3H3/t22-,23-,24-/m1/s1. The number of likely N-dealkylation sites (tertiary alicyclic amines) is 1. The molecule has 9 nitrogen and oxygen atoms in total. The van der Waals surface area contributed by atoms with E-state index in [1.54, 1.807) is 14.2 Å². The summed E-state index contributed by atoms with van der Waals surface area (Å²) in [5, 5.41) is 0. The van der Waals surface area contributed by atoms with Crippen molar-refractivity contribution in [3.63, 3.8) is 0 Å². The van der Waals surface area contributed by atoms with Gasteiger partial charge < -0.3 is 34.3 Å². The van der Waals surface area contributed by atoms with Crippen LogP contribution in [0.3, 0.4) is 0 Å². The summed E-state index contributed by atoms with van der Waals surface area (Å²) < 4.78 is 28.8. The van der Waals surface area contributed by atoms with Gasteiger partial charge in [-0.05, 0) is 62.3 Å². The van der Waals surface area contributed by atoms with E-state index >= 15 is 0 Å². The van der Waals surface area contributed by atoms with Gasteiger partial charge in [-0.25, -0.2) is 0 Å². The minimum absolute atomic E-state index is 0.0939. The fourth-order valence-electron chi connectivity index (χ4n) is 5.72. The highest BCUT2D eigenvalue weighted by Gasteiger charge is 2.41. The third kappa shape index (κ3) is 7.39. The quantitative estimate of drug-likeness (QED) is 0.333. The summed E-state index contributed by atoms with van der Waals surface area (Å²) in [4.78, 5) is 17.9. The predicted octanol–water partition coefficient (Wildman–Crippen LogP) is 3.90. The number of methoxy groups -OCH3 is 2. The molecule has 0 aromatic heterocycles. The monoisotopic (exact) mass is 543 g/mol. The molecule has 1 amide bonds. The zero-order valence-corrected chi connectivity index (χ0v) is 23.7. The first kappa shape index (κ1) is 29.1. The van der Waals surface area contributed by atoms with Crippen LogP contribution in [0.25, 0.3) is 0 Å². The van der Waals surface area contributed by atoms with E-state index in [4.69, 9.17) is 29.4 Å². The van der Waals surface area contributed by atoms with Crippen molar-refractivity contribution in [2.24, 2.45) is 17.6 Å². The molecule has 1 aliphatic carbocycles. The molecule has 3 aliphatic rings. The number of nitrogens with zero attached hydrogens (tertiary/aromatic N) is 2. The molecule has 2 aliphatic heterocycles. The first-order chi connectivity index (χ1) is 19.1. The molecule has 4 rings (SSSR count). The van der Waals surface area contributed by atoms with Crippen LogP contribution in [-0.2, 0) is 19.0 Å². The van der Waals surface area contributed by atoms with E-state index in [2.05, 4.69) is 17.9 Å². The van der Waals surface area contributed by atoms with E-state index < -0.39 is 0 Å². The van der Waals surface area contributed by atoms with Crippen LogP contribution in [-0.4, -0.2) is 82.1 Å². The summed E-state index contributed by atoms with van der Waals surface area (Å²) in [6.45, 7) is 6.24. The number of hydrogen-bond donors (Lipinski definition) is 1. The van der Waals surface area contributed by atoms with E-state index in [0.717, 1.165) is 75.4 Å². The average Bonchev–Trinajstić information content (AvgIpc) is 3.60. The number of carbonyl (C=O) groups is 1. The van der Waals surface area contributed by atoms with Crippen LogP contribution in [0.5, 0.6) is 11.5 Å². The van der Waals surface area contributed by atoms with Gasteiger partial charge in [0.2, 0.25) is 18.5 Å². The third-order valence-corrected chi connectivity index (χ3v) is 7.95. The normalized spacial score (nSPS) is 22.6. The lowest BCUT2D eigenvalue weighted by molar-refractivity contribution is -0.133. The first-order valence-corrected chi connectivity index (χ1v) is 14.3. The van der Waals surface area contributed by atoms with Crippen molar-refractivity contribution in [2.75, 3.05) is 60.3 Å². The lowest BCUT2D eigenvalue weighted by Gasteiger charge is -2.29. The first-order valence-electron chi connectivity index (χ1n) is 14.3. The maximum Gasteiger partial charge on any atom is 0.236 e. The Hall–Kier alpha value is -2.91. The Balaban J connectivity index is 1.48. The number of fused-ring (bicyclic) bond motifs is 1. The number of rotatable bonds is 15. The third-order valence-electron chi connectivity index (χ3n) is 7.95. The highest BCUT2D eigenvalue weighted by atomic mass is 16.7. The van der Waals surface area contributed by atoms with Gasteiger partial charge in [0.25, 0.3) is 0 Å². The van der Waals surface area contributed by atoms with E-state index in [1.807, 2.05) is 29.2 Å². The minimum atomic E-state index is 0.0939. The summed E-state index contributed by atoms with van der Waals surface area (Å²) in [7, 11) is 3.33. The van der Waals surface area contributed by atoms with Gasteiger partial charge in [0.05, 0.1) is 20.8 Å². The van der Waals surface area contributed by atoms with Gasteiger partial charge in [-0.3, -0.25) is 9.69 Å². The SMILES string of the molecule is CCCCN(CCCCN)C(=O)CN1C[C@H]([C@H]2C=C3OCOC3=C(OC)C2)C[C@@H]1COc1ccccc1OC. The van der Waals surface area contributed by atoms with Crippen molar-refractivity contribution in [2.45, 2.75) is 51.5 Å². The Kier molecular flexibility index (Phi) is 10.8. The molecule has 1 aromatic rings. The lowest BCUT2D eigenvalue weighted by atomic mass is 9.84. The van der Waals surface area contributed by atoms with Gasteiger partial charge in [-0.1, -0.05) is 25.5 Å². The molecule has 0 unspecified atom stereocenters. The van der Waals surface area contributed by atoms with E-state index in [1.165, 1.54) is 0 Å². The Morgan fingerprint density at radius 2 is 1.90 bits per heavy atom. The molecule has 2 fully saturated rings. The highest BCUT2D eigenvalue weighted by Crippen LogP contribution is 2.41. The van der Waals surface area contributed by atoms with Crippen LogP contribution < -0.4 is 15.2 Å². The summed E-state index contributed by atoms with van der Waals surface area (Å²) in [6.07, 6.45) is 7.76. The van der Waals surface area contributed by atoms with Crippen molar-refractivity contribution in [3.05, 3.63) is 47.6 Å². The molecular weight excluding hydrogens is 498 g/mol. The van der Waals surface area contributed by atoms with Gasteiger partial charge >= 0.3 is 0 Å². The van der Waals surface area contributed by atoms with Crippen LogP contribution in [0.4, 0.5) is 0 Å². The van der Waals surface area contributed by atoms with E-state index in [9.17, 15) is 4.79 Å². The lowest BCUT2D eigenvalue weighted by Crippen LogP contribution is -2.44. The summed E-state index contributed by atoms with van der Waals surface area (Å²) in [5.41, 5.74) is 5.71. The van der Waals surface area contributed by atoms with Crippen LogP contribution in [0, 0.1) is 11.8 Å². The van der Waals surface area contributed by atoms with Crippen LogP contribution >= 0.6 is 0 Å². The number of para-hydroxylation sites is 2. The Morgan fingerprint density at radius 1 is 1.10 bits per heavy atom. The van der Waals surface area contributed by atoms with Gasteiger partial charge in [-0.15, -0.1) is 0 Å². The van der Waals surface area contributed by atoms with Gasteiger partial charge in [-0.2, -0.15) is 0 Å². The number of carbonyl (C=O) groups excluding carboxylic acids is 1. The van der Waals surface area contributed by atoms with Crippen molar-refractivity contribution < 1.29 is 28.5 Å². The number of unbranched alkanes of at least 4 members (excludes halogenated alkanes) is 2. The maximum absolute atomic E-state index is 13.6. The molecule has 2 N–H and O–H groups in total. The van der Waals surface area contributed by atoms with Gasteiger partial charge in [0, 0.05) is 32.1 Å². The van der Waals surface area contributed by atoms with Crippen LogP contribution in [0.15, 0.2) is 47.6 Å². The number of allylic oxidation sites excluding steroid dienone is 2.